The van der Waals surface area contributed by atoms with Gasteiger partial charge in [0.25, 0.3) is 0 Å². The quantitative estimate of drug-likeness (QED) is 0.875. The summed E-state index contributed by atoms with van der Waals surface area (Å²) in [6, 6.07) is 6.69. The van der Waals surface area contributed by atoms with Crippen molar-refractivity contribution in [2.45, 2.75) is 51.0 Å². The van der Waals surface area contributed by atoms with Crippen LogP contribution in [-0.4, -0.2) is 0 Å². The number of hydrogen-bond acceptors (Lipinski definition) is 1. The van der Waals surface area contributed by atoms with Crippen LogP contribution < -0.4 is 5.73 Å². The van der Waals surface area contributed by atoms with Crippen molar-refractivity contribution in [2.75, 3.05) is 0 Å². The van der Waals surface area contributed by atoms with Gasteiger partial charge in [-0.1, -0.05) is 41.9 Å². The molecule has 1 aliphatic rings. The molecule has 0 amide bonds. The van der Waals surface area contributed by atoms with Gasteiger partial charge in [-0.05, 0) is 48.8 Å². The van der Waals surface area contributed by atoms with Gasteiger partial charge < -0.3 is 5.73 Å². The Labute approximate surface area is 107 Å². The van der Waals surface area contributed by atoms with Crippen molar-refractivity contribution >= 4 is 15.9 Å². The number of nitrogens with two attached hydrogens (primary N) is 1. The molecule has 0 saturated heterocycles. The lowest BCUT2D eigenvalue weighted by atomic mass is 9.92. The molecule has 0 atom stereocenters. The first-order valence-corrected chi connectivity index (χ1v) is 6.99. The highest BCUT2D eigenvalue weighted by Crippen LogP contribution is 2.44. The highest BCUT2D eigenvalue weighted by Gasteiger charge is 2.40. The maximum Gasteiger partial charge on any atom is 0.0411 e. The van der Waals surface area contributed by atoms with Gasteiger partial charge in [0.15, 0.2) is 0 Å². The molecule has 0 bridgehead atoms. The van der Waals surface area contributed by atoms with E-state index >= 15 is 0 Å². The second-order valence-corrected chi connectivity index (χ2v) is 5.76. The van der Waals surface area contributed by atoms with Gasteiger partial charge in [-0.15, -0.1) is 0 Å². The molecule has 0 heterocycles. The van der Waals surface area contributed by atoms with Crippen molar-refractivity contribution < 1.29 is 0 Å². The van der Waals surface area contributed by atoms with E-state index in [0.29, 0.717) is 5.92 Å². The smallest absolute Gasteiger partial charge is 0.0411 e. The minimum Gasteiger partial charge on any atom is -0.321 e. The molecule has 1 aromatic rings. The van der Waals surface area contributed by atoms with Gasteiger partial charge in [-0.2, -0.15) is 0 Å². The molecular weight excluding hydrogens is 262 g/mol. The molecule has 2 heteroatoms. The molecule has 0 unspecified atom stereocenters. The third kappa shape index (κ3) is 2.18. The highest BCUT2D eigenvalue weighted by atomic mass is 79.9. The third-order valence-corrected chi connectivity index (χ3v) is 4.48. The Morgan fingerprint density at radius 1 is 1.31 bits per heavy atom. The molecule has 0 spiro atoms. The average Bonchev–Trinajstić information content (AvgIpc) is 3.02. The van der Waals surface area contributed by atoms with E-state index in [1.807, 2.05) is 0 Å². The minimum absolute atomic E-state index is 0.0189. The Bertz CT molecular complexity index is 378. The minimum atomic E-state index is -0.0189. The fraction of sp³-hybridized carbons (Fsp3) is 0.571. The average molecular weight is 282 g/mol. The highest BCUT2D eigenvalue weighted by molar-refractivity contribution is 9.10. The summed E-state index contributed by atoms with van der Waals surface area (Å²) in [4.78, 5) is 0. The van der Waals surface area contributed by atoms with Crippen LogP contribution in [0.5, 0.6) is 0 Å². The van der Waals surface area contributed by atoms with Crippen LogP contribution in [0.4, 0.5) is 0 Å². The lowest BCUT2D eigenvalue weighted by Crippen LogP contribution is -2.18. The summed E-state index contributed by atoms with van der Waals surface area (Å²) < 4.78 is 1.23. The second kappa shape index (κ2) is 4.50. The molecule has 0 radical (unpaired) electrons. The number of rotatable bonds is 4. The van der Waals surface area contributed by atoms with Crippen LogP contribution in [0.25, 0.3) is 0 Å². The van der Waals surface area contributed by atoms with Gasteiger partial charge >= 0.3 is 0 Å². The van der Waals surface area contributed by atoms with Crippen LogP contribution in [0.2, 0.25) is 0 Å². The standard InChI is InChI=1S/C14H20BrN/c1-3-10(4-2)12-6-5-11(9-13(12)15)14(16)7-8-14/h5-6,9-10H,3-4,7-8,16H2,1-2H3. The number of hydrogen-bond donors (Lipinski definition) is 1. The SMILES string of the molecule is CCC(CC)c1ccc(C2(N)CC2)cc1Br. The third-order valence-electron chi connectivity index (χ3n) is 3.79. The van der Waals surface area contributed by atoms with Gasteiger partial charge in [0.1, 0.15) is 0 Å². The largest absolute Gasteiger partial charge is 0.321 e. The molecule has 1 aromatic carbocycles. The normalized spacial score (nSPS) is 17.8. The predicted molar refractivity (Wildman–Crippen MR) is 72.6 cm³/mol. The van der Waals surface area contributed by atoms with E-state index in [1.165, 1.54) is 28.4 Å². The Balaban J connectivity index is 2.29. The Morgan fingerprint density at radius 2 is 1.94 bits per heavy atom. The first-order valence-electron chi connectivity index (χ1n) is 6.19. The van der Waals surface area contributed by atoms with E-state index in [1.54, 1.807) is 0 Å². The van der Waals surface area contributed by atoms with Crippen molar-refractivity contribution in [2.24, 2.45) is 5.73 Å². The summed E-state index contributed by atoms with van der Waals surface area (Å²) in [6.45, 7) is 4.50. The lowest BCUT2D eigenvalue weighted by molar-refractivity contribution is 0.637. The van der Waals surface area contributed by atoms with E-state index in [4.69, 9.17) is 5.73 Å². The zero-order valence-corrected chi connectivity index (χ0v) is 11.7. The number of halogens is 1. The molecule has 88 valence electrons. The molecule has 0 aliphatic heterocycles. The van der Waals surface area contributed by atoms with E-state index in [9.17, 15) is 0 Å². The van der Waals surface area contributed by atoms with E-state index < -0.39 is 0 Å². The molecule has 1 saturated carbocycles. The van der Waals surface area contributed by atoms with E-state index in [0.717, 1.165) is 12.8 Å². The van der Waals surface area contributed by atoms with Gasteiger partial charge in [0.2, 0.25) is 0 Å². The van der Waals surface area contributed by atoms with Gasteiger partial charge in [0, 0.05) is 10.0 Å². The van der Waals surface area contributed by atoms with Crippen molar-refractivity contribution in [3.63, 3.8) is 0 Å². The molecule has 0 aromatic heterocycles. The van der Waals surface area contributed by atoms with Crippen LogP contribution in [-0.2, 0) is 5.54 Å². The van der Waals surface area contributed by atoms with E-state index in [-0.39, 0.29) is 5.54 Å². The van der Waals surface area contributed by atoms with E-state index in [2.05, 4.69) is 48.0 Å². The topological polar surface area (TPSA) is 26.0 Å². The van der Waals surface area contributed by atoms with Crippen LogP contribution in [0.3, 0.4) is 0 Å². The predicted octanol–water partition coefficient (Wildman–Crippen LogP) is 4.30. The zero-order chi connectivity index (χ0) is 11.8. The summed E-state index contributed by atoms with van der Waals surface area (Å²) in [5.74, 6) is 0.663. The second-order valence-electron chi connectivity index (χ2n) is 4.91. The maximum atomic E-state index is 6.21. The Kier molecular flexibility index (Phi) is 3.41. The van der Waals surface area contributed by atoms with Crippen LogP contribution in [0.15, 0.2) is 22.7 Å². The van der Waals surface area contributed by atoms with Crippen LogP contribution >= 0.6 is 15.9 Å². The molecule has 1 nitrogen and oxygen atoms in total. The van der Waals surface area contributed by atoms with Crippen molar-refractivity contribution in [1.29, 1.82) is 0 Å². The summed E-state index contributed by atoms with van der Waals surface area (Å²) in [5, 5.41) is 0. The van der Waals surface area contributed by atoms with Crippen molar-refractivity contribution in [1.82, 2.24) is 0 Å². The summed E-state index contributed by atoms with van der Waals surface area (Å²) >= 11 is 3.69. The lowest BCUT2D eigenvalue weighted by Gasteiger charge is -2.17. The number of benzene rings is 1. The summed E-state index contributed by atoms with van der Waals surface area (Å²) in [5.41, 5.74) is 8.90. The zero-order valence-electron chi connectivity index (χ0n) is 10.1. The van der Waals surface area contributed by atoms with Crippen LogP contribution in [0, 0.1) is 0 Å². The Morgan fingerprint density at radius 3 is 2.38 bits per heavy atom. The molecule has 16 heavy (non-hydrogen) atoms. The van der Waals surface area contributed by atoms with Crippen LogP contribution in [0.1, 0.15) is 56.6 Å². The first-order chi connectivity index (χ1) is 7.60. The monoisotopic (exact) mass is 281 g/mol. The summed E-state index contributed by atoms with van der Waals surface area (Å²) in [6.07, 6.45) is 4.65. The van der Waals surface area contributed by atoms with Gasteiger partial charge in [0.05, 0.1) is 0 Å². The first kappa shape index (κ1) is 12.1. The molecule has 1 fully saturated rings. The van der Waals surface area contributed by atoms with Crippen molar-refractivity contribution in [3.05, 3.63) is 33.8 Å². The fourth-order valence-electron chi connectivity index (χ4n) is 2.32. The summed E-state index contributed by atoms with van der Waals surface area (Å²) in [7, 11) is 0. The van der Waals surface area contributed by atoms with Gasteiger partial charge in [-0.25, -0.2) is 0 Å². The van der Waals surface area contributed by atoms with Crippen molar-refractivity contribution in [3.8, 4) is 0 Å². The molecule has 2 rings (SSSR count). The maximum absolute atomic E-state index is 6.21. The Hall–Kier alpha value is -0.340. The fourth-order valence-corrected chi connectivity index (χ4v) is 3.02. The molecule has 2 N–H and O–H groups in total. The molecule has 1 aliphatic carbocycles. The molecular formula is C14H20BrN. The van der Waals surface area contributed by atoms with Gasteiger partial charge in [-0.3, -0.25) is 0 Å².